The summed E-state index contributed by atoms with van der Waals surface area (Å²) in [4.78, 5) is 2.19. The molecule has 1 heterocycles. The van der Waals surface area contributed by atoms with Crippen LogP contribution in [0.15, 0.2) is 39.4 Å². The van der Waals surface area contributed by atoms with Gasteiger partial charge in [0.05, 0.1) is 12.0 Å². The average Bonchev–Trinajstić information content (AvgIpc) is 2.74. The summed E-state index contributed by atoms with van der Waals surface area (Å²) in [6.45, 7) is 4.79. The first-order chi connectivity index (χ1) is 8.99. The largest absolute Gasteiger partial charge is 0.469 e. The van der Waals surface area contributed by atoms with Gasteiger partial charge in [-0.25, -0.2) is 0 Å². The lowest BCUT2D eigenvalue weighted by Gasteiger charge is -2.21. The third-order valence-electron chi connectivity index (χ3n) is 3.28. The molecule has 0 amide bonds. The lowest BCUT2D eigenvalue weighted by molar-refractivity contribution is 0.529. The average molecular weight is 323 g/mol. The zero-order valence-electron chi connectivity index (χ0n) is 11.5. The maximum absolute atomic E-state index is 5.89. The van der Waals surface area contributed by atoms with Crippen molar-refractivity contribution in [2.24, 2.45) is 5.73 Å². The van der Waals surface area contributed by atoms with Crippen LogP contribution >= 0.6 is 15.9 Å². The van der Waals surface area contributed by atoms with E-state index in [1.807, 2.05) is 19.9 Å². The summed E-state index contributed by atoms with van der Waals surface area (Å²) in [6.07, 6.45) is 1.73. The van der Waals surface area contributed by atoms with Crippen LogP contribution in [0, 0.1) is 6.92 Å². The maximum Gasteiger partial charge on any atom is 0.105 e. The van der Waals surface area contributed by atoms with Gasteiger partial charge in [-0.3, -0.25) is 0 Å². The van der Waals surface area contributed by atoms with E-state index in [0.717, 1.165) is 28.0 Å². The second-order valence-corrected chi connectivity index (χ2v) is 5.71. The molecule has 4 heteroatoms. The number of hydrogen-bond donors (Lipinski definition) is 1. The van der Waals surface area contributed by atoms with E-state index in [2.05, 4.69) is 46.1 Å². The van der Waals surface area contributed by atoms with E-state index in [0.29, 0.717) is 0 Å². The molecule has 1 atom stereocenters. The Morgan fingerprint density at radius 2 is 2.11 bits per heavy atom. The van der Waals surface area contributed by atoms with Crippen LogP contribution in [0.1, 0.15) is 29.9 Å². The van der Waals surface area contributed by atoms with Crippen molar-refractivity contribution in [1.82, 2.24) is 0 Å². The van der Waals surface area contributed by atoms with Crippen LogP contribution in [0.25, 0.3) is 0 Å². The predicted molar refractivity (Wildman–Crippen MR) is 82.3 cm³/mol. The highest BCUT2D eigenvalue weighted by Crippen LogP contribution is 2.29. The zero-order valence-corrected chi connectivity index (χ0v) is 13.1. The van der Waals surface area contributed by atoms with Crippen molar-refractivity contribution in [1.29, 1.82) is 0 Å². The topological polar surface area (TPSA) is 42.4 Å². The van der Waals surface area contributed by atoms with E-state index in [9.17, 15) is 0 Å². The highest BCUT2D eigenvalue weighted by atomic mass is 79.9. The Kier molecular flexibility index (Phi) is 4.32. The number of hydrogen-bond acceptors (Lipinski definition) is 3. The molecule has 2 N–H and O–H groups in total. The van der Waals surface area contributed by atoms with Gasteiger partial charge in [-0.05, 0) is 53.5 Å². The maximum atomic E-state index is 5.89. The Hall–Kier alpha value is -1.26. The Balaban J connectivity index is 2.20. The molecule has 2 aromatic rings. The molecule has 0 saturated heterocycles. The summed E-state index contributed by atoms with van der Waals surface area (Å²) < 4.78 is 6.39. The monoisotopic (exact) mass is 322 g/mol. The van der Waals surface area contributed by atoms with Gasteiger partial charge in [0, 0.05) is 29.7 Å². The second-order valence-electron chi connectivity index (χ2n) is 4.86. The molecule has 19 heavy (non-hydrogen) atoms. The summed E-state index contributed by atoms with van der Waals surface area (Å²) >= 11 is 3.62. The third-order valence-corrected chi connectivity index (χ3v) is 3.92. The Morgan fingerprint density at radius 1 is 1.37 bits per heavy atom. The highest BCUT2D eigenvalue weighted by molar-refractivity contribution is 9.10. The normalized spacial score (nSPS) is 12.5. The molecule has 1 unspecified atom stereocenters. The van der Waals surface area contributed by atoms with E-state index >= 15 is 0 Å². The summed E-state index contributed by atoms with van der Waals surface area (Å²) in [5.74, 6) is 0.968. The minimum absolute atomic E-state index is 0.0479. The van der Waals surface area contributed by atoms with Crippen molar-refractivity contribution in [3.05, 3.63) is 51.9 Å². The Morgan fingerprint density at radius 3 is 2.63 bits per heavy atom. The molecule has 1 aromatic carbocycles. The van der Waals surface area contributed by atoms with Crippen molar-refractivity contribution in [3.8, 4) is 0 Å². The van der Waals surface area contributed by atoms with Gasteiger partial charge in [0.1, 0.15) is 5.76 Å². The van der Waals surface area contributed by atoms with Crippen LogP contribution in [-0.2, 0) is 6.54 Å². The number of rotatable bonds is 4. The molecule has 0 aliphatic heterocycles. The first-order valence-electron chi connectivity index (χ1n) is 6.28. The molecule has 1 aromatic heterocycles. The minimum atomic E-state index is 0.0479. The molecule has 0 saturated carbocycles. The lowest BCUT2D eigenvalue weighted by Crippen LogP contribution is -2.17. The van der Waals surface area contributed by atoms with Gasteiger partial charge in [-0.2, -0.15) is 0 Å². The van der Waals surface area contributed by atoms with Gasteiger partial charge in [0.25, 0.3) is 0 Å². The van der Waals surface area contributed by atoms with Crippen molar-refractivity contribution < 1.29 is 4.42 Å². The predicted octanol–water partition coefficient (Wildman–Crippen LogP) is 4.01. The molecule has 0 aliphatic rings. The fourth-order valence-corrected chi connectivity index (χ4v) is 2.73. The van der Waals surface area contributed by atoms with Crippen molar-refractivity contribution >= 4 is 21.6 Å². The highest BCUT2D eigenvalue weighted by Gasteiger charge is 2.11. The molecule has 0 bridgehead atoms. The van der Waals surface area contributed by atoms with Crippen LogP contribution in [0.2, 0.25) is 0 Å². The molecule has 0 radical (unpaired) electrons. The number of anilines is 1. The number of furan rings is 1. The molecule has 2 rings (SSSR count). The number of aryl methyl sites for hydroxylation is 1. The molecule has 3 nitrogen and oxygen atoms in total. The summed E-state index contributed by atoms with van der Waals surface area (Å²) in [5, 5.41) is 0. The zero-order chi connectivity index (χ0) is 14.0. The Bertz CT molecular complexity index is 563. The van der Waals surface area contributed by atoms with E-state index in [-0.39, 0.29) is 6.04 Å². The third kappa shape index (κ3) is 3.19. The molecular weight excluding hydrogens is 304 g/mol. The van der Waals surface area contributed by atoms with E-state index in [1.165, 1.54) is 5.56 Å². The van der Waals surface area contributed by atoms with E-state index in [1.54, 1.807) is 6.26 Å². The van der Waals surface area contributed by atoms with Crippen LogP contribution in [0.4, 0.5) is 5.69 Å². The summed E-state index contributed by atoms with van der Waals surface area (Å²) in [5.41, 5.74) is 9.36. The van der Waals surface area contributed by atoms with Crippen molar-refractivity contribution in [2.45, 2.75) is 26.4 Å². The number of nitrogens with two attached hydrogens (primary N) is 1. The molecular formula is C15H19BrN2O. The molecule has 102 valence electrons. The SMILES string of the molecule is Cc1occc1CN(C)c1ccc(C(C)N)cc1Br. The standard InChI is InChI=1S/C15H19BrN2O/c1-10(17)12-4-5-15(14(16)8-12)18(3)9-13-6-7-19-11(13)2/h4-8,10H,9,17H2,1-3H3. The quantitative estimate of drug-likeness (QED) is 0.924. The van der Waals surface area contributed by atoms with Gasteiger partial charge in [-0.1, -0.05) is 6.07 Å². The Labute approximate surface area is 122 Å². The molecule has 0 fully saturated rings. The van der Waals surface area contributed by atoms with Crippen LogP contribution < -0.4 is 10.6 Å². The van der Waals surface area contributed by atoms with Crippen molar-refractivity contribution in [2.75, 3.05) is 11.9 Å². The van der Waals surface area contributed by atoms with Gasteiger partial charge in [-0.15, -0.1) is 0 Å². The first kappa shape index (κ1) is 14.2. The van der Waals surface area contributed by atoms with Crippen molar-refractivity contribution in [3.63, 3.8) is 0 Å². The van der Waals surface area contributed by atoms with Crippen LogP contribution in [0.3, 0.4) is 0 Å². The second kappa shape index (κ2) is 5.80. The summed E-state index contributed by atoms with van der Waals surface area (Å²) in [7, 11) is 2.07. The van der Waals surface area contributed by atoms with Gasteiger partial charge in [0.2, 0.25) is 0 Å². The van der Waals surface area contributed by atoms with E-state index in [4.69, 9.17) is 10.2 Å². The van der Waals surface area contributed by atoms with Gasteiger partial charge >= 0.3 is 0 Å². The van der Waals surface area contributed by atoms with Gasteiger partial charge < -0.3 is 15.1 Å². The first-order valence-corrected chi connectivity index (χ1v) is 7.07. The lowest BCUT2D eigenvalue weighted by atomic mass is 10.1. The fourth-order valence-electron chi connectivity index (χ4n) is 2.03. The summed E-state index contributed by atoms with van der Waals surface area (Å²) in [6, 6.07) is 8.31. The minimum Gasteiger partial charge on any atom is -0.469 e. The van der Waals surface area contributed by atoms with Crippen LogP contribution in [0.5, 0.6) is 0 Å². The number of halogens is 1. The van der Waals surface area contributed by atoms with E-state index < -0.39 is 0 Å². The number of benzene rings is 1. The number of nitrogens with zero attached hydrogens (tertiary/aromatic N) is 1. The van der Waals surface area contributed by atoms with Crippen LogP contribution in [-0.4, -0.2) is 7.05 Å². The van der Waals surface area contributed by atoms with Gasteiger partial charge in [0.15, 0.2) is 0 Å². The fraction of sp³-hybridized carbons (Fsp3) is 0.333. The molecule has 0 spiro atoms. The smallest absolute Gasteiger partial charge is 0.105 e. The molecule has 0 aliphatic carbocycles.